The van der Waals surface area contributed by atoms with E-state index in [1.54, 1.807) is 24.3 Å². The van der Waals surface area contributed by atoms with Crippen LogP contribution < -0.4 is 15.4 Å². The van der Waals surface area contributed by atoms with E-state index in [0.717, 1.165) is 16.9 Å². The molecule has 0 aliphatic heterocycles. The van der Waals surface area contributed by atoms with Gasteiger partial charge < -0.3 is 20.1 Å². The van der Waals surface area contributed by atoms with E-state index in [1.807, 2.05) is 67.6 Å². The van der Waals surface area contributed by atoms with Crippen LogP contribution in [0.3, 0.4) is 0 Å². The van der Waals surface area contributed by atoms with Gasteiger partial charge in [-0.3, -0.25) is 9.59 Å². The summed E-state index contributed by atoms with van der Waals surface area (Å²) in [5.41, 5.74) is 2.15. The van der Waals surface area contributed by atoms with Crippen molar-refractivity contribution in [1.82, 2.24) is 10.6 Å². The van der Waals surface area contributed by atoms with Crippen molar-refractivity contribution in [2.75, 3.05) is 13.7 Å². The van der Waals surface area contributed by atoms with E-state index in [0.29, 0.717) is 12.2 Å². The van der Waals surface area contributed by atoms with Gasteiger partial charge in [0.1, 0.15) is 17.8 Å². The molecule has 7 heteroatoms. The molecule has 0 fully saturated rings. The standard InChI is InChI=1S/C28H30N2O5/c1-3-35-23-16-14-21(15-17-23)19-25(28(33)34-2)30-27(32)24(18-20-10-6-4-7-11-20)29-26(31)22-12-8-5-9-13-22/h4-17,24-25H,3,18-19H2,1-2H3,(H,29,31)(H,30,32)/t24-,25-/m0/s1. The van der Waals surface area contributed by atoms with Crippen LogP contribution in [0.25, 0.3) is 0 Å². The Morgan fingerprint density at radius 1 is 0.743 bits per heavy atom. The molecule has 0 aromatic heterocycles. The van der Waals surface area contributed by atoms with Crippen molar-refractivity contribution in [2.45, 2.75) is 31.8 Å². The van der Waals surface area contributed by atoms with Gasteiger partial charge in [0.25, 0.3) is 5.91 Å². The van der Waals surface area contributed by atoms with Gasteiger partial charge >= 0.3 is 5.97 Å². The van der Waals surface area contributed by atoms with Gasteiger partial charge in [0, 0.05) is 18.4 Å². The quantitative estimate of drug-likeness (QED) is 0.416. The maximum Gasteiger partial charge on any atom is 0.328 e. The molecule has 0 bridgehead atoms. The number of hydrogen-bond donors (Lipinski definition) is 2. The number of carbonyl (C=O) groups excluding carboxylic acids is 3. The first-order valence-corrected chi connectivity index (χ1v) is 11.5. The van der Waals surface area contributed by atoms with E-state index >= 15 is 0 Å². The average molecular weight is 475 g/mol. The Kier molecular flexibility index (Phi) is 9.42. The Hall–Kier alpha value is -4.13. The van der Waals surface area contributed by atoms with Crippen LogP contribution in [0, 0.1) is 0 Å². The van der Waals surface area contributed by atoms with Crippen molar-refractivity contribution in [1.29, 1.82) is 0 Å². The molecule has 0 radical (unpaired) electrons. The van der Waals surface area contributed by atoms with Crippen LogP contribution in [-0.2, 0) is 27.2 Å². The predicted molar refractivity (Wildman–Crippen MR) is 133 cm³/mol. The van der Waals surface area contributed by atoms with Crippen molar-refractivity contribution in [3.63, 3.8) is 0 Å². The van der Waals surface area contributed by atoms with Gasteiger partial charge in [-0.1, -0.05) is 60.7 Å². The lowest BCUT2D eigenvalue weighted by atomic mass is 10.0. The Morgan fingerprint density at radius 2 is 1.31 bits per heavy atom. The van der Waals surface area contributed by atoms with E-state index in [9.17, 15) is 14.4 Å². The molecule has 0 heterocycles. The zero-order valence-electron chi connectivity index (χ0n) is 19.9. The first kappa shape index (κ1) is 25.5. The second-order valence-corrected chi connectivity index (χ2v) is 7.95. The van der Waals surface area contributed by atoms with Crippen LogP contribution in [0.5, 0.6) is 5.75 Å². The lowest BCUT2D eigenvalue weighted by Gasteiger charge is -2.23. The number of benzene rings is 3. The second kappa shape index (κ2) is 12.9. The number of ether oxygens (including phenoxy) is 2. The molecule has 182 valence electrons. The SMILES string of the molecule is CCOc1ccc(C[C@H](NC(=O)[C@H](Cc2ccccc2)NC(=O)c2ccccc2)C(=O)OC)cc1. The van der Waals surface area contributed by atoms with E-state index in [-0.39, 0.29) is 18.7 Å². The summed E-state index contributed by atoms with van der Waals surface area (Å²) in [6.45, 7) is 2.46. The Balaban J connectivity index is 1.77. The van der Waals surface area contributed by atoms with Crippen LogP contribution in [0.2, 0.25) is 0 Å². The van der Waals surface area contributed by atoms with Crippen LogP contribution in [0.1, 0.15) is 28.4 Å². The first-order valence-electron chi connectivity index (χ1n) is 11.5. The third-order valence-electron chi connectivity index (χ3n) is 5.42. The van der Waals surface area contributed by atoms with E-state index in [4.69, 9.17) is 9.47 Å². The van der Waals surface area contributed by atoms with Gasteiger partial charge in [-0.25, -0.2) is 4.79 Å². The molecular weight excluding hydrogens is 444 g/mol. The molecule has 2 N–H and O–H groups in total. The summed E-state index contributed by atoms with van der Waals surface area (Å²) in [5.74, 6) is -0.691. The minimum atomic E-state index is -0.919. The highest BCUT2D eigenvalue weighted by Crippen LogP contribution is 2.14. The molecule has 35 heavy (non-hydrogen) atoms. The van der Waals surface area contributed by atoms with E-state index < -0.39 is 24.0 Å². The molecule has 3 rings (SSSR count). The Labute approximate surface area is 205 Å². The van der Waals surface area contributed by atoms with Crippen LogP contribution >= 0.6 is 0 Å². The molecule has 2 atom stereocenters. The summed E-state index contributed by atoms with van der Waals surface area (Å²) in [6, 6.07) is 23.5. The van der Waals surface area contributed by atoms with Crippen LogP contribution in [0.4, 0.5) is 0 Å². The number of nitrogens with one attached hydrogen (secondary N) is 2. The molecule has 0 aliphatic carbocycles. The minimum absolute atomic E-state index is 0.232. The highest BCUT2D eigenvalue weighted by atomic mass is 16.5. The average Bonchev–Trinajstić information content (AvgIpc) is 2.89. The number of amides is 2. The number of rotatable bonds is 11. The van der Waals surface area contributed by atoms with Gasteiger partial charge in [-0.15, -0.1) is 0 Å². The Bertz CT molecular complexity index is 1100. The molecule has 3 aromatic rings. The van der Waals surface area contributed by atoms with Crippen molar-refractivity contribution >= 4 is 17.8 Å². The highest BCUT2D eigenvalue weighted by Gasteiger charge is 2.28. The first-order chi connectivity index (χ1) is 17.0. The van der Waals surface area contributed by atoms with Crippen LogP contribution in [-0.4, -0.2) is 43.6 Å². The molecule has 0 saturated carbocycles. The van der Waals surface area contributed by atoms with Gasteiger partial charge in [-0.05, 0) is 42.3 Å². The van der Waals surface area contributed by atoms with Crippen LogP contribution in [0.15, 0.2) is 84.9 Å². The molecule has 2 amide bonds. The monoisotopic (exact) mass is 474 g/mol. The minimum Gasteiger partial charge on any atom is -0.494 e. The number of hydrogen-bond acceptors (Lipinski definition) is 5. The number of esters is 1. The summed E-state index contributed by atoms with van der Waals surface area (Å²) >= 11 is 0. The predicted octanol–water partition coefficient (Wildman–Crippen LogP) is 3.33. The lowest BCUT2D eigenvalue weighted by molar-refractivity contribution is -0.145. The highest BCUT2D eigenvalue weighted by molar-refractivity contribution is 5.98. The van der Waals surface area contributed by atoms with Crippen molar-refractivity contribution < 1.29 is 23.9 Å². The zero-order chi connectivity index (χ0) is 25.0. The fourth-order valence-corrected chi connectivity index (χ4v) is 3.62. The van der Waals surface area contributed by atoms with E-state index in [2.05, 4.69) is 10.6 Å². The van der Waals surface area contributed by atoms with Crippen molar-refractivity contribution in [2.24, 2.45) is 0 Å². The summed E-state index contributed by atoms with van der Waals surface area (Å²) in [6.07, 6.45) is 0.498. The number of methoxy groups -OCH3 is 1. The smallest absolute Gasteiger partial charge is 0.328 e. The molecular formula is C28H30N2O5. The topological polar surface area (TPSA) is 93.7 Å². The second-order valence-electron chi connectivity index (χ2n) is 7.95. The molecule has 0 aliphatic rings. The summed E-state index contributed by atoms with van der Waals surface area (Å²) in [7, 11) is 1.28. The van der Waals surface area contributed by atoms with Gasteiger partial charge in [0.05, 0.1) is 13.7 Å². The van der Waals surface area contributed by atoms with Gasteiger partial charge in [-0.2, -0.15) is 0 Å². The summed E-state index contributed by atoms with van der Waals surface area (Å²) in [5, 5.41) is 5.58. The maximum atomic E-state index is 13.3. The Morgan fingerprint density at radius 3 is 1.91 bits per heavy atom. The summed E-state index contributed by atoms with van der Waals surface area (Å²) in [4.78, 5) is 38.6. The number of carbonyl (C=O) groups is 3. The third-order valence-corrected chi connectivity index (χ3v) is 5.42. The molecule has 0 unspecified atom stereocenters. The van der Waals surface area contributed by atoms with Gasteiger partial charge in [0.15, 0.2) is 0 Å². The van der Waals surface area contributed by atoms with Crippen molar-refractivity contribution in [3.05, 3.63) is 102 Å². The summed E-state index contributed by atoms with van der Waals surface area (Å²) < 4.78 is 10.4. The zero-order valence-corrected chi connectivity index (χ0v) is 19.9. The third kappa shape index (κ3) is 7.71. The largest absolute Gasteiger partial charge is 0.494 e. The maximum absolute atomic E-state index is 13.3. The van der Waals surface area contributed by atoms with Gasteiger partial charge in [0.2, 0.25) is 5.91 Å². The lowest BCUT2D eigenvalue weighted by Crippen LogP contribution is -2.53. The molecule has 7 nitrogen and oxygen atoms in total. The molecule has 3 aromatic carbocycles. The fraction of sp³-hybridized carbons (Fsp3) is 0.250. The normalized spacial score (nSPS) is 12.2. The van der Waals surface area contributed by atoms with Crippen molar-refractivity contribution in [3.8, 4) is 5.75 Å². The molecule has 0 spiro atoms. The van der Waals surface area contributed by atoms with E-state index in [1.165, 1.54) is 7.11 Å². The fourth-order valence-electron chi connectivity index (χ4n) is 3.62. The molecule has 0 saturated heterocycles.